The summed E-state index contributed by atoms with van der Waals surface area (Å²) in [4.78, 5) is 43.9. The fourth-order valence-electron chi connectivity index (χ4n) is 1.44. The zero-order chi connectivity index (χ0) is 21.4. The van der Waals surface area contributed by atoms with E-state index in [1.54, 1.807) is 0 Å². The molecule has 0 saturated heterocycles. The van der Waals surface area contributed by atoms with Gasteiger partial charge in [-0.05, 0) is 23.3 Å². The number of hydrogen-bond donors (Lipinski definition) is 2. The molecule has 146 valence electrons. The lowest BCUT2D eigenvalue weighted by Crippen LogP contribution is -2.19. The standard InChI is InChI=1S/C10H8N2.2C4H4O4/c1-5-11-6-2-9(1)10-3-7-12-8-4-10;2*5-3(6)1-2-4(7)8/h1-8H;2*1-2H,(H,5,6)(H,7,8)/b;2*2-1-. The van der Waals surface area contributed by atoms with Crippen molar-refractivity contribution in [1.29, 1.82) is 0 Å². The van der Waals surface area contributed by atoms with Crippen molar-refractivity contribution in [2.24, 2.45) is 0 Å². The lowest BCUT2D eigenvalue weighted by Gasteiger charge is -1.93. The average molecular weight is 388 g/mol. The zero-order valence-electron chi connectivity index (χ0n) is 14.3. The van der Waals surface area contributed by atoms with E-state index in [0.29, 0.717) is 24.3 Å². The molecule has 2 heterocycles. The second-order valence-corrected chi connectivity index (χ2v) is 4.56. The molecule has 0 aliphatic rings. The molecule has 0 radical (unpaired) electrons. The van der Waals surface area contributed by atoms with E-state index in [9.17, 15) is 29.4 Å². The van der Waals surface area contributed by atoms with Crippen molar-refractivity contribution in [2.75, 3.05) is 0 Å². The molecule has 0 bridgehead atoms. The Morgan fingerprint density at radius 3 is 1.11 bits per heavy atom. The minimum atomic E-state index is -1.51. The smallest absolute Gasteiger partial charge is 0.328 e. The molecule has 4 N–H and O–H groups in total. The molecular formula is C18H16N2O8. The van der Waals surface area contributed by atoms with Crippen LogP contribution in [0.1, 0.15) is 0 Å². The summed E-state index contributed by atoms with van der Waals surface area (Å²) in [6, 6.07) is 8.20. The zero-order valence-corrected chi connectivity index (χ0v) is 14.3. The molecule has 10 heteroatoms. The Kier molecular flexibility index (Phi) is 11.7. The van der Waals surface area contributed by atoms with Gasteiger partial charge in [0.2, 0.25) is 0 Å². The van der Waals surface area contributed by atoms with E-state index in [1.807, 2.05) is 24.8 Å². The lowest BCUT2D eigenvalue weighted by molar-refractivity contribution is -0.378. The van der Waals surface area contributed by atoms with Gasteiger partial charge in [-0.15, -0.1) is 0 Å². The summed E-state index contributed by atoms with van der Waals surface area (Å²) in [6.45, 7) is 0. The van der Waals surface area contributed by atoms with Gasteiger partial charge in [0.1, 0.15) is 0 Å². The number of carboxylic acids is 4. The van der Waals surface area contributed by atoms with E-state index in [1.165, 1.54) is 11.1 Å². The second-order valence-electron chi connectivity index (χ2n) is 4.56. The normalized spacial score (nSPS) is 9.57. The monoisotopic (exact) mass is 388 g/mol. The number of hydrogen-bond acceptors (Lipinski definition) is 6. The maximum absolute atomic E-state index is 9.53. The third-order valence-electron chi connectivity index (χ3n) is 2.49. The second kappa shape index (κ2) is 13.9. The van der Waals surface area contributed by atoms with Crippen LogP contribution < -0.4 is 20.2 Å². The Bertz CT molecular complexity index is 730. The lowest BCUT2D eigenvalue weighted by atomic mass is 10.1. The Balaban J connectivity index is 0.000000408. The van der Waals surface area contributed by atoms with Gasteiger partial charge in [0.15, 0.2) is 24.8 Å². The molecule has 0 saturated carbocycles. The van der Waals surface area contributed by atoms with Crippen molar-refractivity contribution < 1.29 is 49.6 Å². The SMILES string of the molecule is O=C([O-])/C=C\C(=O)O.O=C([O-])/C=C\C(=O)O.c1cc(-c2cc[nH+]cc2)cc[nH+]1. The highest BCUT2D eigenvalue weighted by Gasteiger charge is 1.97. The minimum Gasteiger partial charge on any atom is -0.545 e. The first kappa shape index (κ1) is 23.7. The maximum Gasteiger partial charge on any atom is 0.328 e. The van der Waals surface area contributed by atoms with Crippen LogP contribution in [0.15, 0.2) is 73.4 Å². The molecule has 2 aromatic heterocycles. The number of aliphatic carboxylic acids is 4. The molecule has 10 nitrogen and oxygen atoms in total. The number of H-pyrrole nitrogens is 2. The number of carboxylic acid groups (broad SMARTS) is 4. The van der Waals surface area contributed by atoms with Gasteiger partial charge in [-0.25, -0.2) is 19.6 Å². The van der Waals surface area contributed by atoms with Crippen LogP contribution in [0.3, 0.4) is 0 Å². The first-order valence-electron chi connectivity index (χ1n) is 7.39. The predicted octanol–water partition coefficient (Wildman–Crippen LogP) is -2.26. The average Bonchev–Trinajstić information content (AvgIpc) is 2.67. The van der Waals surface area contributed by atoms with Gasteiger partial charge >= 0.3 is 11.9 Å². The van der Waals surface area contributed by atoms with Gasteiger partial charge in [-0.1, -0.05) is 0 Å². The van der Waals surface area contributed by atoms with Crippen LogP contribution in [0.4, 0.5) is 0 Å². The van der Waals surface area contributed by atoms with E-state index in [2.05, 4.69) is 34.2 Å². The first-order valence-corrected chi connectivity index (χ1v) is 7.39. The maximum atomic E-state index is 9.53. The molecule has 0 fully saturated rings. The Morgan fingerprint density at radius 2 is 0.929 bits per heavy atom. The molecular weight excluding hydrogens is 372 g/mol. The van der Waals surface area contributed by atoms with Crippen molar-refractivity contribution in [1.82, 2.24) is 0 Å². The number of pyridine rings is 2. The van der Waals surface area contributed by atoms with E-state index >= 15 is 0 Å². The largest absolute Gasteiger partial charge is 0.545 e. The van der Waals surface area contributed by atoms with Gasteiger partial charge in [0.05, 0.1) is 11.9 Å². The quantitative estimate of drug-likeness (QED) is 0.537. The van der Waals surface area contributed by atoms with Gasteiger partial charge in [0, 0.05) is 36.4 Å². The van der Waals surface area contributed by atoms with Crippen LogP contribution in [-0.2, 0) is 19.2 Å². The Labute approximate surface area is 158 Å². The number of carbonyl (C=O) groups is 4. The summed E-state index contributed by atoms with van der Waals surface area (Å²) in [5.41, 5.74) is 2.45. The highest BCUT2D eigenvalue weighted by atomic mass is 16.4. The molecule has 0 aliphatic heterocycles. The summed E-state index contributed by atoms with van der Waals surface area (Å²) in [5, 5.41) is 34.5. The van der Waals surface area contributed by atoms with Crippen molar-refractivity contribution in [3.63, 3.8) is 0 Å². The van der Waals surface area contributed by atoms with E-state index in [4.69, 9.17) is 10.2 Å². The Morgan fingerprint density at radius 1 is 0.643 bits per heavy atom. The third-order valence-corrected chi connectivity index (χ3v) is 2.49. The third kappa shape index (κ3) is 14.0. The van der Waals surface area contributed by atoms with E-state index in [0.717, 1.165) is 0 Å². The molecule has 28 heavy (non-hydrogen) atoms. The summed E-state index contributed by atoms with van der Waals surface area (Å²) in [5.74, 6) is -5.61. The number of aromatic amines is 2. The van der Waals surface area contributed by atoms with E-state index < -0.39 is 23.9 Å². The fraction of sp³-hybridized carbons (Fsp3) is 0. The van der Waals surface area contributed by atoms with Crippen molar-refractivity contribution >= 4 is 23.9 Å². The molecule has 0 aromatic carbocycles. The number of carbonyl (C=O) groups excluding carboxylic acids is 2. The van der Waals surface area contributed by atoms with Crippen molar-refractivity contribution in [3.05, 3.63) is 73.4 Å². The fourth-order valence-corrected chi connectivity index (χ4v) is 1.44. The van der Waals surface area contributed by atoms with Crippen LogP contribution in [0, 0.1) is 0 Å². The highest BCUT2D eigenvalue weighted by molar-refractivity contribution is 5.89. The number of nitrogens with one attached hydrogen (secondary N) is 2. The highest BCUT2D eigenvalue weighted by Crippen LogP contribution is 2.14. The van der Waals surface area contributed by atoms with Gasteiger partial charge < -0.3 is 30.0 Å². The van der Waals surface area contributed by atoms with Crippen LogP contribution >= 0.6 is 0 Å². The van der Waals surface area contributed by atoms with Crippen LogP contribution in [0.5, 0.6) is 0 Å². The van der Waals surface area contributed by atoms with E-state index in [-0.39, 0.29) is 0 Å². The van der Waals surface area contributed by atoms with Crippen molar-refractivity contribution in [3.8, 4) is 11.1 Å². The molecule has 2 aromatic rings. The summed E-state index contributed by atoms with van der Waals surface area (Å²) >= 11 is 0. The summed E-state index contributed by atoms with van der Waals surface area (Å²) in [7, 11) is 0. The Hall–Kier alpha value is -4.34. The number of aromatic nitrogens is 2. The molecule has 0 spiro atoms. The van der Waals surface area contributed by atoms with Crippen LogP contribution in [0.25, 0.3) is 11.1 Å². The predicted molar refractivity (Wildman–Crippen MR) is 88.6 cm³/mol. The topological polar surface area (TPSA) is 183 Å². The molecule has 2 rings (SSSR count). The van der Waals surface area contributed by atoms with Crippen molar-refractivity contribution in [2.45, 2.75) is 0 Å². The molecule has 0 atom stereocenters. The first-order chi connectivity index (χ1) is 13.2. The molecule has 0 amide bonds. The number of rotatable bonds is 5. The minimum absolute atomic E-state index is 0.447. The molecule has 0 unspecified atom stereocenters. The molecule has 0 aliphatic carbocycles. The summed E-state index contributed by atoms with van der Waals surface area (Å²) in [6.07, 6.45) is 9.57. The van der Waals surface area contributed by atoms with Gasteiger partial charge in [-0.3, -0.25) is 0 Å². The summed E-state index contributed by atoms with van der Waals surface area (Å²) < 4.78 is 0. The van der Waals surface area contributed by atoms with Gasteiger partial charge in [0.25, 0.3) is 0 Å². The van der Waals surface area contributed by atoms with Gasteiger partial charge in [-0.2, -0.15) is 0 Å². The van der Waals surface area contributed by atoms with Crippen LogP contribution in [0.2, 0.25) is 0 Å². The van der Waals surface area contributed by atoms with Crippen LogP contribution in [-0.4, -0.2) is 34.1 Å².